The van der Waals surface area contributed by atoms with Crippen molar-refractivity contribution in [3.8, 4) is 0 Å². The number of aryl methyl sites for hydroxylation is 1. The minimum absolute atomic E-state index is 0.296. The Bertz CT molecular complexity index is 1010. The van der Waals surface area contributed by atoms with Gasteiger partial charge in [-0.1, -0.05) is 43.3 Å². The van der Waals surface area contributed by atoms with Crippen molar-refractivity contribution >= 4 is 22.6 Å². The average molecular weight is 404 g/mol. The fourth-order valence-corrected chi connectivity index (χ4v) is 4.12. The van der Waals surface area contributed by atoms with Gasteiger partial charge in [0, 0.05) is 44.3 Å². The molecule has 5 heteroatoms. The highest BCUT2D eigenvalue weighted by atomic mass is 16.5. The Morgan fingerprint density at radius 1 is 1.00 bits per heavy atom. The first-order valence-electron chi connectivity index (χ1n) is 10.8. The van der Waals surface area contributed by atoms with Gasteiger partial charge in [-0.05, 0) is 36.6 Å². The lowest BCUT2D eigenvalue weighted by Gasteiger charge is -2.37. The van der Waals surface area contributed by atoms with Crippen molar-refractivity contribution in [1.29, 1.82) is 0 Å². The van der Waals surface area contributed by atoms with Crippen LogP contribution in [0.25, 0.3) is 10.9 Å². The molecule has 1 saturated heterocycles. The lowest BCUT2D eigenvalue weighted by Crippen LogP contribution is -2.46. The van der Waals surface area contributed by atoms with Crippen LogP contribution in [0, 0.1) is 0 Å². The number of aromatic nitrogens is 1. The summed E-state index contributed by atoms with van der Waals surface area (Å²) in [5.41, 5.74) is 5.03. The standard InChI is InChI=1S/C25H29N3O2/c1-3-19-10-11-23-21(16-19)24(22(17-26-23)25(29)30-4-2)28-14-12-27(13-15-28)18-20-8-6-5-7-9-20/h5-11,16-17H,3-4,12-15,18H2,1-2H3. The van der Waals surface area contributed by atoms with E-state index in [1.54, 1.807) is 6.20 Å². The van der Waals surface area contributed by atoms with Crippen LogP contribution in [0.2, 0.25) is 0 Å². The van der Waals surface area contributed by atoms with Crippen LogP contribution in [0.3, 0.4) is 0 Å². The highest BCUT2D eigenvalue weighted by Crippen LogP contribution is 2.32. The topological polar surface area (TPSA) is 45.7 Å². The molecule has 1 aromatic heterocycles. The summed E-state index contributed by atoms with van der Waals surface area (Å²) in [4.78, 5) is 22.1. The second-order valence-electron chi connectivity index (χ2n) is 7.69. The number of esters is 1. The Kier molecular flexibility index (Phi) is 6.29. The number of anilines is 1. The maximum Gasteiger partial charge on any atom is 0.341 e. The first kappa shape index (κ1) is 20.4. The van der Waals surface area contributed by atoms with E-state index in [-0.39, 0.29) is 5.97 Å². The van der Waals surface area contributed by atoms with Crippen molar-refractivity contribution in [2.24, 2.45) is 0 Å². The van der Waals surface area contributed by atoms with E-state index in [1.807, 2.05) is 6.92 Å². The molecule has 156 valence electrons. The summed E-state index contributed by atoms with van der Waals surface area (Å²) >= 11 is 0. The van der Waals surface area contributed by atoms with Crippen molar-refractivity contribution in [1.82, 2.24) is 9.88 Å². The van der Waals surface area contributed by atoms with Gasteiger partial charge in [0.2, 0.25) is 0 Å². The number of carbonyl (C=O) groups excluding carboxylic acids is 1. The lowest BCUT2D eigenvalue weighted by molar-refractivity contribution is 0.0526. The highest BCUT2D eigenvalue weighted by Gasteiger charge is 2.25. The molecule has 0 radical (unpaired) electrons. The molecule has 4 rings (SSSR count). The molecule has 2 heterocycles. The zero-order valence-electron chi connectivity index (χ0n) is 17.8. The first-order chi connectivity index (χ1) is 14.7. The van der Waals surface area contributed by atoms with Crippen LogP contribution in [-0.2, 0) is 17.7 Å². The third kappa shape index (κ3) is 4.31. The fraction of sp³-hybridized carbons (Fsp3) is 0.360. The van der Waals surface area contributed by atoms with Crippen LogP contribution in [0.4, 0.5) is 5.69 Å². The summed E-state index contributed by atoms with van der Waals surface area (Å²) in [6.45, 7) is 8.94. The summed E-state index contributed by atoms with van der Waals surface area (Å²) in [5.74, 6) is -0.296. The van der Waals surface area contributed by atoms with Crippen molar-refractivity contribution in [2.75, 3.05) is 37.7 Å². The average Bonchev–Trinajstić information content (AvgIpc) is 2.79. The molecular weight excluding hydrogens is 374 g/mol. The van der Waals surface area contributed by atoms with Crippen molar-refractivity contribution in [3.63, 3.8) is 0 Å². The number of nitrogens with zero attached hydrogens (tertiary/aromatic N) is 3. The summed E-state index contributed by atoms with van der Waals surface area (Å²) in [6, 6.07) is 16.9. The Hall–Kier alpha value is -2.92. The van der Waals surface area contributed by atoms with Gasteiger partial charge in [0.05, 0.1) is 17.8 Å². The first-order valence-corrected chi connectivity index (χ1v) is 10.8. The maximum atomic E-state index is 12.7. The molecule has 0 atom stereocenters. The summed E-state index contributed by atoms with van der Waals surface area (Å²) in [6.07, 6.45) is 2.63. The van der Waals surface area contributed by atoms with Gasteiger partial charge in [0.15, 0.2) is 0 Å². The minimum atomic E-state index is -0.296. The fourth-order valence-electron chi connectivity index (χ4n) is 4.12. The largest absolute Gasteiger partial charge is 0.462 e. The van der Waals surface area contributed by atoms with Gasteiger partial charge in [-0.25, -0.2) is 4.79 Å². The minimum Gasteiger partial charge on any atom is -0.462 e. The number of benzene rings is 2. The quantitative estimate of drug-likeness (QED) is 0.575. The van der Waals surface area contributed by atoms with Crippen molar-refractivity contribution in [3.05, 3.63) is 71.4 Å². The molecule has 0 N–H and O–H groups in total. The van der Waals surface area contributed by atoms with E-state index in [2.05, 4.69) is 70.2 Å². The summed E-state index contributed by atoms with van der Waals surface area (Å²) in [5, 5.41) is 1.04. The van der Waals surface area contributed by atoms with E-state index in [0.29, 0.717) is 12.2 Å². The van der Waals surface area contributed by atoms with E-state index in [0.717, 1.165) is 55.7 Å². The summed E-state index contributed by atoms with van der Waals surface area (Å²) in [7, 11) is 0. The normalized spacial score (nSPS) is 14.8. The molecule has 0 saturated carbocycles. The number of pyridine rings is 1. The van der Waals surface area contributed by atoms with Crippen LogP contribution in [-0.4, -0.2) is 48.6 Å². The monoisotopic (exact) mass is 403 g/mol. The molecule has 1 fully saturated rings. The van der Waals surface area contributed by atoms with Crippen LogP contribution >= 0.6 is 0 Å². The number of piperazine rings is 1. The molecule has 1 aliphatic heterocycles. The van der Waals surface area contributed by atoms with Gasteiger partial charge in [0.25, 0.3) is 0 Å². The third-order valence-electron chi connectivity index (χ3n) is 5.75. The number of hydrogen-bond donors (Lipinski definition) is 0. The van der Waals surface area contributed by atoms with Crippen LogP contribution in [0.15, 0.2) is 54.7 Å². The van der Waals surface area contributed by atoms with Crippen LogP contribution in [0.1, 0.15) is 35.3 Å². The number of ether oxygens (including phenoxy) is 1. The molecule has 1 aliphatic rings. The van der Waals surface area contributed by atoms with E-state index in [9.17, 15) is 4.79 Å². The van der Waals surface area contributed by atoms with Gasteiger partial charge in [-0.2, -0.15) is 0 Å². The predicted octanol–water partition coefficient (Wildman–Crippen LogP) is 4.30. The zero-order valence-corrected chi connectivity index (χ0v) is 17.8. The van der Waals surface area contributed by atoms with E-state index < -0.39 is 0 Å². The van der Waals surface area contributed by atoms with Gasteiger partial charge >= 0.3 is 5.97 Å². The number of carbonyl (C=O) groups is 1. The molecule has 30 heavy (non-hydrogen) atoms. The second kappa shape index (κ2) is 9.26. The van der Waals surface area contributed by atoms with Gasteiger partial charge in [-0.3, -0.25) is 9.88 Å². The zero-order chi connectivity index (χ0) is 20.9. The second-order valence-corrected chi connectivity index (χ2v) is 7.69. The van der Waals surface area contributed by atoms with Gasteiger partial charge in [0.1, 0.15) is 5.56 Å². The van der Waals surface area contributed by atoms with Gasteiger partial charge < -0.3 is 9.64 Å². The number of hydrogen-bond acceptors (Lipinski definition) is 5. The SMILES string of the molecule is CCOC(=O)c1cnc2ccc(CC)cc2c1N1CCN(Cc2ccccc2)CC1. The Morgan fingerprint density at radius 2 is 1.77 bits per heavy atom. The number of fused-ring (bicyclic) bond motifs is 1. The molecule has 2 aromatic carbocycles. The Morgan fingerprint density at radius 3 is 2.47 bits per heavy atom. The third-order valence-corrected chi connectivity index (χ3v) is 5.75. The predicted molar refractivity (Wildman–Crippen MR) is 121 cm³/mol. The molecule has 0 bridgehead atoms. The van der Waals surface area contributed by atoms with E-state index in [1.165, 1.54) is 11.1 Å². The Labute approximate surface area is 178 Å². The lowest BCUT2D eigenvalue weighted by atomic mass is 10.0. The molecule has 0 spiro atoms. The molecular formula is C25H29N3O2. The molecule has 0 aliphatic carbocycles. The van der Waals surface area contributed by atoms with Crippen LogP contribution in [0.5, 0.6) is 0 Å². The van der Waals surface area contributed by atoms with E-state index in [4.69, 9.17) is 4.74 Å². The Balaban J connectivity index is 1.63. The molecule has 3 aromatic rings. The van der Waals surface area contributed by atoms with Crippen LogP contribution < -0.4 is 4.90 Å². The van der Waals surface area contributed by atoms with Crippen molar-refractivity contribution < 1.29 is 9.53 Å². The van der Waals surface area contributed by atoms with Gasteiger partial charge in [-0.15, -0.1) is 0 Å². The molecule has 5 nitrogen and oxygen atoms in total. The van der Waals surface area contributed by atoms with E-state index >= 15 is 0 Å². The smallest absolute Gasteiger partial charge is 0.341 e. The molecule has 0 amide bonds. The summed E-state index contributed by atoms with van der Waals surface area (Å²) < 4.78 is 5.35. The maximum absolute atomic E-state index is 12.7. The molecule has 0 unspecified atom stereocenters. The highest BCUT2D eigenvalue weighted by molar-refractivity contribution is 6.05. The number of rotatable bonds is 6. The van der Waals surface area contributed by atoms with Crippen molar-refractivity contribution in [2.45, 2.75) is 26.8 Å².